The van der Waals surface area contributed by atoms with Crippen molar-refractivity contribution in [1.29, 1.82) is 0 Å². The van der Waals surface area contributed by atoms with Crippen LogP contribution in [-0.2, 0) is 6.42 Å². The van der Waals surface area contributed by atoms with Crippen LogP contribution in [0.3, 0.4) is 0 Å². The lowest BCUT2D eigenvalue weighted by Gasteiger charge is -2.18. The molecule has 0 heterocycles. The number of aryl methyl sites for hydroxylation is 1. The van der Waals surface area contributed by atoms with E-state index in [-0.39, 0.29) is 5.91 Å². The lowest BCUT2D eigenvalue weighted by Crippen LogP contribution is -2.26. The first kappa shape index (κ1) is 15.3. The SMILES string of the molecule is CCCc1cccc(C(=O)N(C)c2ccc3ccccc3c2)c1. The molecule has 0 aliphatic heterocycles. The van der Waals surface area contributed by atoms with E-state index < -0.39 is 0 Å². The summed E-state index contributed by atoms with van der Waals surface area (Å²) in [5.41, 5.74) is 2.87. The van der Waals surface area contributed by atoms with Crippen LogP contribution in [0.2, 0.25) is 0 Å². The molecular weight excluding hydrogens is 282 g/mol. The zero-order chi connectivity index (χ0) is 16.2. The van der Waals surface area contributed by atoms with Gasteiger partial charge in [-0.05, 0) is 47.0 Å². The Morgan fingerprint density at radius 1 is 0.913 bits per heavy atom. The van der Waals surface area contributed by atoms with Crippen molar-refractivity contribution < 1.29 is 4.79 Å². The molecule has 0 aromatic heterocycles. The number of nitrogens with zero attached hydrogens (tertiary/aromatic N) is 1. The van der Waals surface area contributed by atoms with Crippen molar-refractivity contribution >= 4 is 22.4 Å². The zero-order valence-electron chi connectivity index (χ0n) is 13.6. The van der Waals surface area contributed by atoms with Gasteiger partial charge in [-0.3, -0.25) is 4.79 Å². The molecule has 0 bridgehead atoms. The van der Waals surface area contributed by atoms with Gasteiger partial charge in [0.15, 0.2) is 0 Å². The summed E-state index contributed by atoms with van der Waals surface area (Å²) in [7, 11) is 1.83. The third-order valence-corrected chi connectivity index (χ3v) is 4.14. The molecule has 3 rings (SSSR count). The molecule has 0 fully saturated rings. The van der Waals surface area contributed by atoms with Crippen LogP contribution in [0.4, 0.5) is 5.69 Å². The largest absolute Gasteiger partial charge is 0.311 e. The van der Waals surface area contributed by atoms with Gasteiger partial charge in [0.2, 0.25) is 0 Å². The van der Waals surface area contributed by atoms with Gasteiger partial charge in [0, 0.05) is 18.3 Å². The molecule has 0 saturated carbocycles. The Labute approximate surface area is 137 Å². The fourth-order valence-corrected chi connectivity index (χ4v) is 2.84. The van der Waals surface area contributed by atoms with Crippen molar-refractivity contribution in [1.82, 2.24) is 0 Å². The molecule has 1 amide bonds. The van der Waals surface area contributed by atoms with Crippen molar-refractivity contribution in [3.8, 4) is 0 Å². The van der Waals surface area contributed by atoms with E-state index in [1.165, 1.54) is 10.9 Å². The normalized spacial score (nSPS) is 10.7. The third kappa shape index (κ3) is 3.26. The maximum absolute atomic E-state index is 12.8. The van der Waals surface area contributed by atoms with Crippen LogP contribution >= 0.6 is 0 Å². The van der Waals surface area contributed by atoms with Crippen LogP contribution in [0.5, 0.6) is 0 Å². The Kier molecular flexibility index (Phi) is 4.42. The predicted octanol–water partition coefficient (Wildman–Crippen LogP) is 5.07. The van der Waals surface area contributed by atoms with Crippen LogP contribution in [-0.4, -0.2) is 13.0 Å². The molecule has 0 unspecified atom stereocenters. The van der Waals surface area contributed by atoms with E-state index in [4.69, 9.17) is 0 Å². The summed E-state index contributed by atoms with van der Waals surface area (Å²) in [6.45, 7) is 2.15. The molecule has 0 N–H and O–H groups in total. The van der Waals surface area contributed by atoms with Gasteiger partial charge in [0.05, 0.1) is 0 Å². The Morgan fingerprint density at radius 3 is 2.48 bits per heavy atom. The van der Waals surface area contributed by atoms with E-state index in [1.54, 1.807) is 4.90 Å². The number of benzene rings is 3. The van der Waals surface area contributed by atoms with Crippen molar-refractivity contribution in [2.45, 2.75) is 19.8 Å². The molecule has 116 valence electrons. The smallest absolute Gasteiger partial charge is 0.258 e. The summed E-state index contributed by atoms with van der Waals surface area (Å²) >= 11 is 0. The average molecular weight is 303 g/mol. The van der Waals surface area contributed by atoms with Crippen LogP contribution < -0.4 is 4.90 Å². The number of carbonyl (C=O) groups excluding carboxylic acids is 1. The van der Waals surface area contributed by atoms with Gasteiger partial charge in [0.25, 0.3) is 5.91 Å². The van der Waals surface area contributed by atoms with Gasteiger partial charge in [-0.1, -0.05) is 55.8 Å². The number of rotatable bonds is 4. The van der Waals surface area contributed by atoms with Gasteiger partial charge < -0.3 is 4.90 Å². The zero-order valence-corrected chi connectivity index (χ0v) is 13.6. The topological polar surface area (TPSA) is 20.3 Å². The van der Waals surface area contributed by atoms with E-state index in [9.17, 15) is 4.79 Å². The summed E-state index contributed by atoms with van der Waals surface area (Å²) in [5, 5.41) is 2.33. The first-order valence-corrected chi connectivity index (χ1v) is 8.05. The monoisotopic (exact) mass is 303 g/mol. The summed E-state index contributed by atoms with van der Waals surface area (Å²) in [4.78, 5) is 14.5. The van der Waals surface area contributed by atoms with Gasteiger partial charge in [0.1, 0.15) is 0 Å². The Morgan fingerprint density at radius 2 is 1.70 bits per heavy atom. The molecule has 23 heavy (non-hydrogen) atoms. The molecule has 0 saturated heterocycles. The van der Waals surface area contributed by atoms with E-state index in [0.717, 1.165) is 29.5 Å². The minimum atomic E-state index is 0.0261. The fourth-order valence-electron chi connectivity index (χ4n) is 2.84. The average Bonchev–Trinajstić information content (AvgIpc) is 2.60. The van der Waals surface area contributed by atoms with Crippen molar-refractivity contribution in [2.75, 3.05) is 11.9 Å². The van der Waals surface area contributed by atoms with Crippen molar-refractivity contribution in [2.24, 2.45) is 0 Å². The van der Waals surface area contributed by atoms with E-state index in [0.29, 0.717) is 0 Å². The van der Waals surface area contributed by atoms with Crippen LogP contribution in [0, 0.1) is 0 Å². The van der Waals surface area contributed by atoms with Crippen LogP contribution in [0.1, 0.15) is 29.3 Å². The number of fused-ring (bicyclic) bond motifs is 1. The predicted molar refractivity (Wildman–Crippen MR) is 97.1 cm³/mol. The van der Waals surface area contributed by atoms with Crippen LogP contribution in [0.25, 0.3) is 10.8 Å². The Balaban J connectivity index is 1.90. The highest BCUT2D eigenvalue weighted by molar-refractivity contribution is 6.06. The van der Waals surface area contributed by atoms with Gasteiger partial charge in [-0.15, -0.1) is 0 Å². The van der Waals surface area contributed by atoms with Gasteiger partial charge in [-0.25, -0.2) is 0 Å². The minimum Gasteiger partial charge on any atom is -0.311 e. The molecule has 3 aromatic carbocycles. The number of hydrogen-bond acceptors (Lipinski definition) is 1. The summed E-state index contributed by atoms with van der Waals surface area (Å²) in [5.74, 6) is 0.0261. The number of anilines is 1. The molecule has 3 aromatic rings. The molecule has 0 aliphatic carbocycles. The molecule has 0 aliphatic rings. The maximum Gasteiger partial charge on any atom is 0.258 e. The second kappa shape index (κ2) is 6.66. The first-order valence-electron chi connectivity index (χ1n) is 8.05. The van der Waals surface area contributed by atoms with E-state index in [2.05, 4.69) is 37.3 Å². The maximum atomic E-state index is 12.8. The second-order valence-corrected chi connectivity index (χ2v) is 5.85. The number of hydrogen-bond donors (Lipinski definition) is 0. The summed E-state index contributed by atoms with van der Waals surface area (Å²) < 4.78 is 0. The van der Waals surface area contributed by atoms with Crippen molar-refractivity contribution in [3.63, 3.8) is 0 Å². The molecule has 0 radical (unpaired) electrons. The number of carbonyl (C=O) groups is 1. The first-order chi connectivity index (χ1) is 11.2. The lowest BCUT2D eigenvalue weighted by molar-refractivity contribution is 0.0993. The minimum absolute atomic E-state index is 0.0261. The highest BCUT2D eigenvalue weighted by Crippen LogP contribution is 2.22. The highest BCUT2D eigenvalue weighted by Gasteiger charge is 2.14. The molecular formula is C21H21NO. The third-order valence-electron chi connectivity index (χ3n) is 4.14. The van der Waals surface area contributed by atoms with Crippen molar-refractivity contribution in [3.05, 3.63) is 77.9 Å². The standard InChI is InChI=1S/C21H21NO/c1-3-7-16-8-6-11-19(14-16)21(23)22(2)20-13-12-17-9-4-5-10-18(17)15-20/h4-6,8-15H,3,7H2,1-2H3. The highest BCUT2D eigenvalue weighted by atomic mass is 16.2. The van der Waals surface area contributed by atoms with E-state index in [1.807, 2.05) is 43.4 Å². The molecule has 0 atom stereocenters. The number of amides is 1. The van der Waals surface area contributed by atoms with Crippen LogP contribution in [0.15, 0.2) is 66.7 Å². The van der Waals surface area contributed by atoms with Gasteiger partial charge in [-0.2, -0.15) is 0 Å². The second-order valence-electron chi connectivity index (χ2n) is 5.85. The summed E-state index contributed by atoms with van der Waals surface area (Å²) in [6.07, 6.45) is 2.08. The summed E-state index contributed by atoms with van der Waals surface area (Å²) in [6, 6.07) is 22.2. The lowest BCUT2D eigenvalue weighted by atomic mass is 10.1. The fraction of sp³-hybridized carbons (Fsp3) is 0.190. The quantitative estimate of drug-likeness (QED) is 0.659. The Bertz CT molecular complexity index is 838. The Hall–Kier alpha value is -2.61. The molecule has 2 nitrogen and oxygen atoms in total. The molecule has 2 heteroatoms. The van der Waals surface area contributed by atoms with Gasteiger partial charge >= 0.3 is 0 Å². The molecule has 0 spiro atoms. The van der Waals surface area contributed by atoms with E-state index >= 15 is 0 Å².